The standard InChI is InChI=1S/C16H24N2O2/c1-3-13(2)14-5-4-6-15(11-14)17-16(19)12-18-7-9-20-10-8-18/h4-6,11,13H,3,7-10,12H2,1-2H3,(H,17,19). The molecule has 1 aliphatic rings. The number of hydrogen-bond acceptors (Lipinski definition) is 3. The van der Waals surface area contributed by atoms with E-state index in [1.807, 2.05) is 12.1 Å². The molecule has 0 aliphatic carbocycles. The molecule has 1 aromatic rings. The van der Waals surface area contributed by atoms with Gasteiger partial charge in [0.1, 0.15) is 0 Å². The van der Waals surface area contributed by atoms with Crippen molar-refractivity contribution in [3.05, 3.63) is 29.8 Å². The molecule has 1 atom stereocenters. The smallest absolute Gasteiger partial charge is 0.238 e. The molecule has 1 unspecified atom stereocenters. The minimum atomic E-state index is 0.0493. The number of hydrogen-bond donors (Lipinski definition) is 1. The fourth-order valence-electron chi connectivity index (χ4n) is 2.32. The van der Waals surface area contributed by atoms with E-state index < -0.39 is 0 Å². The number of anilines is 1. The average Bonchev–Trinajstić information content (AvgIpc) is 2.47. The van der Waals surface area contributed by atoms with E-state index in [1.165, 1.54) is 5.56 Å². The van der Waals surface area contributed by atoms with Crippen LogP contribution in [-0.4, -0.2) is 43.7 Å². The Balaban J connectivity index is 1.90. The molecule has 0 aromatic heterocycles. The highest BCUT2D eigenvalue weighted by Gasteiger charge is 2.14. The molecule has 1 N–H and O–H groups in total. The van der Waals surface area contributed by atoms with Crippen LogP contribution in [0, 0.1) is 0 Å². The first-order valence-electron chi connectivity index (χ1n) is 7.39. The monoisotopic (exact) mass is 276 g/mol. The van der Waals surface area contributed by atoms with E-state index in [0.29, 0.717) is 12.5 Å². The van der Waals surface area contributed by atoms with Gasteiger partial charge in [0.25, 0.3) is 0 Å². The first kappa shape index (κ1) is 15.0. The van der Waals surface area contributed by atoms with Crippen LogP contribution >= 0.6 is 0 Å². The van der Waals surface area contributed by atoms with E-state index in [-0.39, 0.29) is 5.91 Å². The summed E-state index contributed by atoms with van der Waals surface area (Å²) in [5.41, 5.74) is 2.16. The number of ether oxygens (including phenoxy) is 1. The molecule has 1 fully saturated rings. The van der Waals surface area contributed by atoms with Crippen molar-refractivity contribution in [3.8, 4) is 0 Å². The number of nitrogens with zero attached hydrogens (tertiary/aromatic N) is 1. The average molecular weight is 276 g/mol. The molecule has 1 aliphatic heterocycles. The number of benzene rings is 1. The van der Waals surface area contributed by atoms with Crippen molar-refractivity contribution in [2.45, 2.75) is 26.2 Å². The van der Waals surface area contributed by atoms with Crippen molar-refractivity contribution in [2.24, 2.45) is 0 Å². The van der Waals surface area contributed by atoms with Crippen LogP contribution in [0.25, 0.3) is 0 Å². The molecular weight excluding hydrogens is 252 g/mol. The van der Waals surface area contributed by atoms with Crippen LogP contribution in [-0.2, 0) is 9.53 Å². The molecule has 0 bridgehead atoms. The lowest BCUT2D eigenvalue weighted by molar-refractivity contribution is -0.118. The number of rotatable bonds is 5. The Morgan fingerprint density at radius 2 is 2.15 bits per heavy atom. The second-order valence-corrected chi connectivity index (χ2v) is 5.37. The summed E-state index contributed by atoms with van der Waals surface area (Å²) in [5.74, 6) is 0.569. The van der Waals surface area contributed by atoms with Crippen LogP contribution in [0.5, 0.6) is 0 Å². The van der Waals surface area contributed by atoms with Crippen molar-refractivity contribution < 1.29 is 9.53 Å². The number of carbonyl (C=O) groups is 1. The molecule has 4 nitrogen and oxygen atoms in total. The molecule has 0 saturated carbocycles. The highest BCUT2D eigenvalue weighted by Crippen LogP contribution is 2.21. The van der Waals surface area contributed by atoms with Gasteiger partial charge >= 0.3 is 0 Å². The minimum absolute atomic E-state index is 0.0493. The van der Waals surface area contributed by atoms with Crippen LogP contribution in [0.15, 0.2) is 24.3 Å². The van der Waals surface area contributed by atoms with Crippen molar-refractivity contribution in [2.75, 3.05) is 38.2 Å². The highest BCUT2D eigenvalue weighted by molar-refractivity contribution is 5.92. The predicted octanol–water partition coefficient (Wildman–Crippen LogP) is 2.47. The Labute approximate surface area is 121 Å². The van der Waals surface area contributed by atoms with Crippen LogP contribution in [0.4, 0.5) is 5.69 Å². The Bertz CT molecular complexity index is 442. The number of amides is 1. The van der Waals surface area contributed by atoms with Crippen molar-refractivity contribution in [1.82, 2.24) is 4.90 Å². The third kappa shape index (κ3) is 4.32. The molecule has 20 heavy (non-hydrogen) atoms. The third-order valence-electron chi connectivity index (χ3n) is 3.82. The topological polar surface area (TPSA) is 41.6 Å². The van der Waals surface area contributed by atoms with Crippen LogP contribution in [0.2, 0.25) is 0 Å². The summed E-state index contributed by atoms with van der Waals surface area (Å²) in [4.78, 5) is 14.2. The maximum Gasteiger partial charge on any atom is 0.238 e. The largest absolute Gasteiger partial charge is 0.379 e. The zero-order chi connectivity index (χ0) is 14.4. The Hall–Kier alpha value is -1.39. The van der Waals surface area contributed by atoms with Gasteiger partial charge in [-0.15, -0.1) is 0 Å². The second kappa shape index (κ2) is 7.41. The lowest BCUT2D eigenvalue weighted by Crippen LogP contribution is -2.41. The normalized spacial score (nSPS) is 17.7. The molecule has 1 heterocycles. The molecule has 1 aromatic carbocycles. The van der Waals surface area contributed by atoms with Crippen LogP contribution in [0.1, 0.15) is 31.7 Å². The molecular formula is C16H24N2O2. The lowest BCUT2D eigenvalue weighted by Gasteiger charge is -2.25. The first-order chi connectivity index (χ1) is 9.69. The highest BCUT2D eigenvalue weighted by atomic mass is 16.5. The first-order valence-corrected chi connectivity index (χ1v) is 7.39. The van der Waals surface area contributed by atoms with Crippen molar-refractivity contribution in [3.63, 3.8) is 0 Å². The predicted molar refractivity (Wildman–Crippen MR) is 81.0 cm³/mol. The van der Waals surface area contributed by atoms with Gasteiger partial charge in [-0.25, -0.2) is 0 Å². The van der Waals surface area contributed by atoms with E-state index in [2.05, 4.69) is 36.2 Å². The SMILES string of the molecule is CCC(C)c1cccc(NC(=O)CN2CCOCC2)c1. The van der Waals surface area contributed by atoms with Gasteiger partial charge in [-0.2, -0.15) is 0 Å². The fraction of sp³-hybridized carbons (Fsp3) is 0.562. The summed E-state index contributed by atoms with van der Waals surface area (Å²) in [7, 11) is 0. The lowest BCUT2D eigenvalue weighted by atomic mass is 9.98. The van der Waals surface area contributed by atoms with Crippen LogP contribution < -0.4 is 5.32 Å². The van der Waals surface area contributed by atoms with E-state index in [4.69, 9.17) is 4.74 Å². The zero-order valence-corrected chi connectivity index (χ0v) is 12.4. The summed E-state index contributed by atoms with van der Waals surface area (Å²) in [6.07, 6.45) is 1.10. The van der Waals surface area contributed by atoms with E-state index in [0.717, 1.165) is 38.4 Å². The maximum atomic E-state index is 12.0. The molecule has 1 saturated heterocycles. The summed E-state index contributed by atoms with van der Waals surface area (Å²) < 4.78 is 5.28. The Morgan fingerprint density at radius 1 is 1.40 bits per heavy atom. The maximum absolute atomic E-state index is 12.0. The summed E-state index contributed by atoms with van der Waals surface area (Å²) >= 11 is 0. The van der Waals surface area contributed by atoms with E-state index in [1.54, 1.807) is 0 Å². The second-order valence-electron chi connectivity index (χ2n) is 5.37. The third-order valence-corrected chi connectivity index (χ3v) is 3.82. The molecule has 1 amide bonds. The molecule has 0 spiro atoms. The van der Waals surface area contributed by atoms with Crippen molar-refractivity contribution >= 4 is 11.6 Å². The van der Waals surface area contributed by atoms with Crippen LogP contribution in [0.3, 0.4) is 0 Å². The molecule has 4 heteroatoms. The minimum Gasteiger partial charge on any atom is -0.379 e. The molecule has 0 radical (unpaired) electrons. The van der Waals surface area contributed by atoms with Gasteiger partial charge in [-0.05, 0) is 30.0 Å². The van der Waals surface area contributed by atoms with Gasteiger partial charge in [0.05, 0.1) is 19.8 Å². The fourth-order valence-corrected chi connectivity index (χ4v) is 2.32. The van der Waals surface area contributed by atoms with Gasteiger partial charge in [0.15, 0.2) is 0 Å². The summed E-state index contributed by atoms with van der Waals surface area (Å²) in [6, 6.07) is 8.14. The van der Waals surface area contributed by atoms with Gasteiger partial charge in [0.2, 0.25) is 5.91 Å². The summed E-state index contributed by atoms with van der Waals surface area (Å²) in [5, 5.41) is 2.99. The van der Waals surface area contributed by atoms with E-state index in [9.17, 15) is 4.79 Å². The number of morpholine rings is 1. The van der Waals surface area contributed by atoms with Gasteiger partial charge in [-0.1, -0.05) is 26.0 Å². The Kier molecular flexibility index (Phi) is 5.56. The van der Waals surface area contributed by atoms with Gasteiger partial charge in [0, 0.05) is 18.8 Å². The van der Waals surface area contributed by atoms with Gasteiger partial charge < -0.3 is 10.1 Å². The molecule has 110 valence electrons. The number of carbonyl (C=O) groups excluding carboxylic acids is 1. The van der Waals surface area contributed by atoms with Gasteiger partial charge in [-0.3, -0.25) is 9.69 Å². The molecule has 2 rings (SSSR count). The number of nitrogens with one attached hydrogen (secondary N) is 1. The Morgan fingerprint density at radius 3 is 2.85 bits per heavy atom. The quantitative estimate of drug-likeness (QED) is 0.898. The van der Waals surface area contributed by atoms with Crippen molar-refractivity contribution in [1.29, 1.82) is 0 Å². The zero-order valence-electron chi connectivity index (χ0n) is 12.4. The summed E-state index contributed by atoms with van der Waals surface area (Å²) in [6.45, 7) is 7.92. The van der Waals surface area contributed by atoms with E-state index >= 15 is 0 Å².